The first-order valence-corrected chi connectivity index (χ1v) is 11.5. The maximum absolute atomic E-state index is 12.6. The third-order valence-corrected chi connectivity index (χ3v) is 6.66. The molecule has 3 aromatic carbocycles. The Morgan fingerprint density at radius 2 is 1.62 bits per heavy atom. The second-order valence-corrected chi connectivity index (χ2v) is 9.11. The molecule has 0 unspecified atom stereocenters. The van der Waals surface area contributed by atoms with Gasteiger partial charge < -0.3 is 14.8 Å². The van der Waals surface area contributed by atoms with Gasteiger partial charge in [0.1, 0.15) is 0 Å². The van der Waals surface area contributed by atoms with Gasteiger partial charge in [-0.15, -0.1) is 0 Å². The molecule has 0 saturated heterocycles. The average molecular weight is 495 g/mol. The summed E-state index contributed by atoms with van der Waals surface area (Å²) in [5, 5.41) is 3.08. The lowest BCUT2D eigenvalue weighted by molar-refractivity contribution is -0.115. The summed E-state index contributed by atoms with van der Waals surface area (Å²) in [7, 11) is -0.837. The molecule has 0 atom stereocenters. The van der Waals surface area contributed by atoms with Crippen LogP contribution in [-0.2, 0) is 21.2 Å². The first kappa shape index (κ1) is 23.7. The second kappa shape index (κ2) is 10.1. The number of carbonyl (C=O) groups is 1. The van der Waals surface area contributed by atoms with E-state index in [1.165, 1.54) is 44.6 Å². The minimum absolute atomic E-state index is 0.00596. The number of anilines is 2. The molecule has 0 saturated carbocycles. The van der Waals surface area contributed by atoms with Crippen molar-refractivity contribution in [3.05, 3.63) is 76.3 Å². The molecule has 0 aliphatic heterocycles. The van der Waals surface area contributed by atoms with Gasteiger partial charge in [0.2, 0.25) is 5.91 Å². The van der Waals surface area contributed by atoms with Gasteiger partial charge >= 0.3 is 0 Å². The topological polar surface area (TPSA) is 93.7 Å². The molecule has 1 amide bonds. The molecule has 0 aliphatic rings. The smallest absolute Gasteiger partial charge is 0.261 e. The Kier molecular flexibility index (Phi) is 7.50. The van der Waals surface area contributed by atoms with Gasteiger partial charge in [0.05, 0.1) is 41.3 Å². The van der Waals surface area contributed by atoms with E-state index in [9.17, 15) is 13.2 Å². The predicted molar refractivity (Wildman–Crippen MR) is 126 cm³/mol. The number of nitrogens with one attached hydrogen (secondary N) is 2. The zero-order chi connectivity index (χ0) is 23.3. The molecule has 3 rings (SSSR count). The summed E-state index contributed by atoms with van der Waals surface area (Å²) in [6.07, 6.45) is 0.106. The van der Waals surface area contributed by atoms with E-state index in [1.807, 2.05) is 0 Å². The van der Waals surface area contributed by atoms with Gasteiger partial charge in [-0.3, -0.25) is 9.52 Å². The lowest BCUT2D eigenvalue weighted by Crippen LogP contribution is -2.15. The van der Waals surface area contributed by atoms with Crippen LogP contribution in [0.3, 0.4) is 0 Å². The van der Waals surface area contributed by atoms with Crippen molar-refractivity contribution in [2.24, 2.45) is 0 Å². The van der Waals surface area contributed by atoms with Gasteiger partial charge in [-0.05, 0) is 54.1 Å². The van der Waals surface area contributed by atoms with E-state index < -0.39 is 10.0 Å². The van der Waals surface area contributed by atoms with Crippen LogP contribution in [0.1, 0.15) is 5.56 Å². The molecule has 10 heteroatoms. The zero-order valence-electron chi connectivity index (χ0n) is 17.2. The number of hydrogen-bond acceptors (Lipinski definition) is 5. The Labute approximate surface area is 196 Å². The van der Waals surface area contributed by atoms with Gasteiger partial charge in [-0.1, -0.05) is 35.3 Å². The molecule has 32 heavy (non-hydrogen) atoms. The fraction of sp³-hybridized carbons (Fsp3) is 0.136. The van der Waals surface area contributed by atoms with Crippen molar-refractivity contribution in [3.8, 4) is 11.5 Å². The summed E-state index contributed by atoms with van der Waals surface area (Å²) >= 11 is 12.0. The number of ether oxygens (including phenoxy) is 2. The SMILES string of the molecule is COc1ccc(CC(=O)Nc2ccc(S(=O)(=O)Nc3cccc(Cl)c3Cl)cc2)cc1OC. The Morgan fingerprint density at radius 1 is 0.938 bits per heavy atom. The van der Waals surface area contributed by atoms with Crippen molar-refractivity contribution in [1.29, 1.82) is 0 Å². The Hall–Kier alpha value is -2.94. The summed E-state index contributed by atoms with van der Waals surface area (Å²) in [6.45, 7) is 0. The van der Waals surface area contributed by atoms with E-state index in [0.717, 1.165) is 5.56 Å². The lowest BCUT2D eigenvalue weighted by atomic mass is 10.1. The van der Waals surface area contributed by atoms with E-state index >= 15 is 0 Å². The van der Waals surface area contributed by atoms with E-state index in [0.29, 0.717) is 17.2 Å². The maximum Gasteiger partial charge on any atom is 0.261 e. The van der Waals surface area contributed by atoms with Crippen molar-refractivity contribution >= 4 is 50.5 Å². The molecule has 0 spiro atoms. The number of methoxy groups -OCH3 is 2. The fourth-order valence-corrected chi connectivity index (χ4v) is 4.36. The van der Waals surface area contributed by atoms with Gasteiger partial charge in [-0.2, -0.15) is 0 Å². The molecule has 0 radical (unpaired) electrons. The highest BCUT2D eigenvalue weighted by atomic mass is 35.5. The van der Waals surface area contributed by atoms with Crippen molar-refractivity contribution in [2.45, 2.75) is 11.3 Å². The molecule has 0 aliphatic carbocycles. The largest absolute Gasteiger partial charge is 0.493 e. The molecule has 2 N–H and O–H groups in total. The predicted octanol–water partition coefficient (Wildman–Crippen LogP) is 4.99. The fourth-order valence-electron chi connectivity index (χ4n) is 2.88. The molecular formula is C22H20Cl2N2O5S. The first-order chi connectivity index (χ1) is 15.2. The summed E-state index contributed by atoms with van der Waals surface area (Å²) < 4.78 is 38.1. The van der Waals surface area contributed by atoms with Gasteiger partial charge in [-0.25, -0.2) is 8.42 Å². The monoisotopic (exact) mass is 494 g/mol. The number of rotatable bonds is 8. The minimum Gasteiger partial charge on any atom is -0.493 e. The molecule has 3 aromatic rings. The molecular weight excluding hydrogens is 475 g/mol. The third-order valence-electron chi connectivity index (χ3n) is 4.46. The number of halogens is 2. The minimum atomic E-state index is -3.89. The van der Waals surface area contributed by atoms with Gasteiger partial charge in [0, 0.05) is 5.69 Å². The van der Waals surface area contributed by atoms with E-state index in [2.05, 4.69) is 10.0 Å². The van der Waals surface area contributed by atoms with Crippen molar-refractivity contribution < 1.29 is 22.7 Å². The Bertz CT molecular complexity index is 1230. The highest BCUT2D eigenvalue weighted by molar-refractivity contribution is 7.92. The zero-order valence-corrected chi connectivity index (χ0v) is 19.5. The first-order valence-electron chi connectivity index (χ1n) is 9.31. The highest BCUT2D eigenvalue weighted by Crippen LogP contribution is 2.31. The number of amides is 1. The molecule has 168 valence electrons. The van der Waals surface area contributed by atoms with Crippen LogP contribution in [0.4, 0.5) is 11.4 Å². The van der Waals surface area contributed by atoms with Crippen molar-refractivity contribution in [3.63, 3.8) is 0 Å². The lowest BCUT2D eigenvalue weighted by Gasteiger charge is -2.12. The Balaban J connectivity index is 1.67. The maximum atomic E-state index is 12.6. The van der Waals surface area contributed by atoms with Crippen LogP contribution in [0.2, 0.25) is 10.0 Å². The number of sulfonamides is 1. The second-order valence-electron chi connectivity index (χ2n) is 6.65. The summed E-state index contributed by atoms with van der Waals surface area (Å²) in [5.41, 5.74) is 1.36. The van der Waals surface area contributed by atoms with Crippen LogP contribution in [0.15, 0.2) is 65.6 Å². The highest BCUT2D eigenvalue weighted by Gasteiger charge is 2.17. The molecule has 0 heterocycles. The van der Waals surface area contributed by atoms with E-state index in [-0.39, 0.29) is 33.0 Å². The molecule has 0 aromatic heterocycles. The summed E-state index contributed by atoms with van der Waals surface area (Å²) in [4.78, 5) is 12.4. The molecule has 7 nitrogen and oxygen atoms in total. The van der Waals surface area contributed by atoms with E-state index in [4.69, 9.17) is 32.7 Å². The standard InChI is InChI=1S/C22H20Cl2N2O5S/c1-30-19-11-6-14(12-20(19)31-2)13-21(27)25-15-7-9-16(10-8-15)32(28,29)26-18-5-3-4-17(23)22(18)24/h3-12,26H,13H2,1-2H3,(H,25,27). The normalized spacial score (nSPS) is 11.0. The van der Waals surface area contributed by atoms with Crippen molar-refractivity contribution in [2.75, 3.05) is 24.3 Å². The quantitative estimate of drug-likeness (QED) is 0.459. The van der Waals surface area contributed by atoms with Crippen LogP contribution in [0.5, 0.6) is 11.5 Å². The average Bonchev–Trinajstić information content (AvgIpc) is 2.77. The van der Waals surface area contributed by atoms with Crippen LogP contribution in [0.25, 0.3) is 0 Å². The van der Waals surface area contributed by atoms with Crippen molar-refractivity contribution in [1.82, 2.24) is 0 Å². The number of hydrogen-bond donors (Lipinski definition) is 2. The van der Waals surface area contributed by atoms with Crippen LogP contribution in [-0.4, -0.2) is 28.5 Å². The summed E-state index contributed by atoms with van der Waals surface area (Å²) in [6, 6.07) is 15.6. The molecule has 0 bridgehead atoms. The third kappa shape index (κ3) is 5.64. The Morgan fingerprint density at radius 3 is 2.28 bits per heavy atom. The van der Waals surface area contributed by atoms with Crippen LogP contribution < -0.4 is 19.5 Å². The summed E-state index contributed by atoms with van der Waals surface area (Å²) in [5.74, 6) is 0.831. The van der Waals surface area contributed by atoms with Crippen LogP contribution >= 0.6 is 23.2 Å². The van der Waals surface area contributed by atoms with Gasteiger partial charge in [0.15, 0.2) is 11.5 Å². The van der Waals surface area contributed by atoms with E-state index in [1.54, 1.807) is 30.3 Å². The number of carbonyl (C=O) groups excluding carboxylic acids is 1. The molecule has 0 fully saturated rings. The number of benzene rings is 3. The van der Waals surface area contributed by atoms with Gasteiger partial charge in [0.25, 0.3) is 10.0 Å². The van der Waals surface area contributed by atoms with Crippen LogP contribution in [0, 0.1) is 0 Å².